The molecule has 4 nitrogen and oxygen atoms in total. The van der Waals surface area contributed by atoms with Crippen molar-refractivity contribution in [3.8, 4) is 0 Å². The fraction of sp³-hybridized carbons (Fsp3) is 0.833. The molecule has 0 amide bonds. The Morgan fingerprint density at radius 3 is 2.36 bits per heavy atom. The van der Waals surface area contributed by atoms with E-state index in [1.165, 1.54) is 0 Å². The molecule has 0 fully saturated rings. The Hall–Kier alpha value is -0.340. The van der Waals surface area contributed by atoms with Crippen LogP contribution in [0.3, 0.4) is 0 Å². The topological polar surface area (TPSA) is 74.6 Å². The molecule has 1 unspecified atom stereocenters. The maximum absolute atomic E-state index is 11.0. The van der Waals surface area contributed by atoms with Gasteiger partial charge in [0.25, 0.3) is 0 Å². The molecule has 0 rings (SSSR count). The second kappa shape index (κ2) is 4.52. The minimum atomic E-state index is -3.13. The van der Waals surface area contributed by atoms with Gasteiger partial charge in [0.2, 0.25) is 7.37 Å². The van der Waals surface area contributed by atoms with E-state index >= 15 is 0 Å². The van der Waals surface area contributed by atoms with Gasteiger partial charge < -0.3 is 10.00 Å². The van der Waals surface area contributed by atoms with E-state index in [0.717, 1.165) is 0 Å². The van der Waals surface area contributed by atoms with Crippen LogP contribution < -0.4 is 0 Å². The van der Waals surface area contributed by atoms with Crippen LogP contribution in [-0.2, 0) is 9.36 Å². The zero-order chi connectivity index (χ0) is 8.91. The molecule has 0 aromatic rings. The van der Waals surface area contributed by atoms with Gasteiger partial charge in [0, 0.05) is 12.3 Å². The van der Waals surface area contributed by atoms with Crippen LogP contribution in [0.2, 0.25) is 0 Å². The van der Waals surface area contributed by atoms with E-state index in [1.807, 2.05) is 0 Å². The van der Waals surface area contributed by atoms with Crippen molar-refractivity contribution in [2.75, 3.05) is 12.3 Å². The van der Waals surface area contributed by atoms with E-state index in [1.54, 1.807) is 6.92 Å². The molecule has 0 aromatic heterocycles. The lowest BCUT2D eigenvalue weighted by molar-refractivity contribution is -0.136. The molecule has 2 N–H and O–H groups in total. The number of aliphatic carboxylic acids is 1. The summed E-state index contributed by atoms with van der Waals surface area (Å²) < 4.78 is 11.0. The van der Waals surface area contributed by atoms with Crippen LogP contribution in [0.4, 0.5) is 0 Å². The molecule has 0 aliphatic heterocycles. The average molecular weight is 180 g/mol. The summed E-state index contributed by atoms with van der Waals surface area (Å²) in [4.78, 5) is 19.1. The van der Waals surface area contributed by atoms with Crippen LogP contribution in [0.15, 0.2) is 0 Å². The van der Waals surface area contributed by atoms with Gasteiger partial charge in [-0.15, -0.1) is 0 Å². The first kappa shape index (κ1) is 10.7. The Labute approximate surface area is 65.7 Å². The highest BCUT2D eigenvalue weighted by molar-refractivity contribution is 7.58. The van der Waals surface area contributed by atoms with Crippen LogP contribution in [-0.4, -0.2) is 28.3 Å². The van der Waals surface area contributed by atoms with Gasteiger partial charge in [0.1, 0.15) is 0 Å². The summed E-state index contributed by atoms with van der Waals surface area (Å²) in [6.07, 6.45) is 0.525. The lowest BCUT2D eigenvalue weighted by Gasteiger charge is -2.07. The van der Waals surface area contributed by atoms with Gasteiger partial charge in [-0.25, -0.2) is 0 Å². The monoisotopic (exact) mass is 180 g/mol. The highest BCUT2D eigenvalue weighted by Gasteiger charge is 2.17. The van der Waals surface area contributed by atoms with E-state index in [9.17, 15) is 9.36 Å². The second-order valence-corrected chi connectivity index (χ2v) is 5.02. The van der Waals surface area contributed by atoms with E-state index in [-0.39, 0.29) is 18.7 Å². The Kier molecular flexibility index (Phi) is 4.38. The molecule has 5 heteroatoms. The van der Waals surface area contributed by atoms with Gasteiger partial charge in [-0.2, -0.15) is 0 Å². The molecule has 0 saturated heterocycles. The zero-order valence-corrected chi connectivity index (χ0v) is 7.38. The third-order valence-electron chi connectivity index (χ3n) is 1.25. The highest BCUT2D eigenvalue weighted by atomic mass is 31.2. The van der Waals surface area contributed by atoms with Crippen molar-refractivity contribution in [3.05, 3.63) is 0 Å². The van der Waals surface area contributed by atoms with E-state index in [2.05, 4.69) is 0 Å². The van der Waals surface area contributed by atoms with E-state index in [4.69, 9.17) is 10.00 Å². The minimum Gasteiger partial charge on any atom is -0.481 e. The first-order valence-corrected chi connectivity index (χ1v) is 5.53. The molecular weight excluding hydrogens is 167 g/mol. The molecule has 66 valence electrons. The summed E-state index contributed by atoms with van der Waals surface area (Å²) in [5.74, 6) is -1.02. The van der Waals surface area contributed by atoms with Crippen molar-refractivity contribution in [3.63, 3.8) is 0 Å². The summed E-state index contributed by atoms with van der Waals surface area (Å²) in [5, 5.41) is 8.21. The van der Waals surface area contributed by atoms with Crippen LogP contribution in [0.5, 0.6) is 0 Å². The summed E-state index contributed by atoms with van der Waals surface area (Å²) in [5.41, 5.74) is 0. The SMILES string of the molecule is CCCP(=O)(O)CCC(=O)O. The molecule has 0 aliphatic rings. The molecule has 0 radical (unpaired) electrons. The van der Waals surface area contributed by atoms with Gasteiger partial charge in [-0.3, -0.25) is 9.36 Å². The maximum Gasteiger partial charge on any atom is 0.303 e. The quantitative estimate of drug-likeness (QED) is 0.622. The summed E-state index contributed by atoms with van der Waals surface area (Å²) in [6, 6.07) is 0. The van der Waals surface area contributed by atoms with Gasteiger partial charge in [-0.05, 0) is 6.42 Å². The van der Waals surface area contributed by atoms with Crippen molar-refractivity contribution in [1.82, 2.24) is 0 Å². The fourth-order valence-electron chi connectivity index (χ4n) is 0.732. The van der Waals surface area contributed by atoms with E-state index in [0.29, 0.717) is 6.42 Å². The Bertz CT molecular complexity index is 177. The molecule has 11 heavy (non-hydrogen) atoms. The zero-order valence-electron chi connectivity index (χ0n) is 6.49. The standard InChI is InChI=1S/C6H13O4P/c1-2-4-11(9,10)5-3-6(7)8/h2-5H2,1H3,(H,7,8)(H,9,10). The van der Waals surface area contributed by atoms with Gasteiger partial charge >= 0.3 is 5.97 Å². The minimum absolute atomic E-state index is 0.101. The van der Waals surface area contributed by atoms with Gasteiger partial charge in [-0.1, -0.05) is 6.92 Å². The third kappa shape index (κ3) is 6.07. The van der Waals surface area contributed by atoms with Crippen LogP contribution in [0.25, 0.3) is 0 Å². The Balaban J connectivity index is 3.73. The lowest BCUT2D eigenvalue weighted by Crippen LogP contribution is -2.01. The van der Waals surface area contributed by atoms with Crippen LogP contribution >= 0.6 is 7.37 Å². The van der Waals surface area contributed by atoms with E-state index < -0.39 is 13.3 Å². The highest BCUT2D eigenvalue weighted by Crippen LogP contribution is 2.41. The largest absolute Gasteiger partial charge is 0.481 e. The molecule has 0 saturated carbocycles. The number of hydrogen-bond donors (Lipinski definition) is 2. The first-order chi connectivity index (χ1) is 4.98. The van der Waals surface area contributed by atoms with Crippen molar-refractivity contribution >= 4 is 13.3 Å². The number of rotatable bonds is 5. The predicted octanol–water partition coefficient (Wildman–Crippen LogP) is 1.14. The predicted molar refractivity (Wildman–Crippen MR) is 42.1 cm³/mol. The number of carbonyl (C=O) groups is 1. The molecule has 0 aliphatic carbocycles. The maximum atomic E-state index is 11.0. The lowest BCUT2D eigenvalue weighted by atomic mass is 10.5. The van der Waals surface area contributed by atoms with Crippen molar-refractivity contribution in [2.24, 2.45) is 0 Å². The van der Waals surface area contributed by atoms with Gasteiger partial charge in [0.05, 0.1) is 6.42 Å². The number of carboxylic acids is 1. The third-order valence-corrected chi connectivity index (χ3v) is 3.32. The smallest absolute Gasteiger partial charge is 0.303 e. The van der Waals surface area contributed by atoms with Crippen molar-refractivity contribution in [1.29, 1.82) is 0 Å². The molecular formula is C6H13O4P. The molecule has 0 aromatic carbocycles. The second-order valence-electron chi connectivity index (χ2n) is 2.44. The van der Waals surface area contributed by atoms with Crippen molar-refractivity contribution in [2.45, 2.75) is 19.8 Å². The number of carboxylic acid groups (broad SMARTS) is 1. The van der Waals surface area contributed by atoms with Gasteiger partial charge in [0.15, 0.2) is 0 Å². The summed E-state index contributed by atoms with van der Waals surface area (Å²) in [6.45, 7) is 1.80. The molecule has 0 heterocycles. The fourth-order valence-corrected chi connectivity index (χ4v) is 2.19. The number of hydrogen-bond acceptors (Lipinski definition) is 2. The Morgan fingerprint density at radius 2 is 2.00 bits per heavy atom. The molecule has 0 bridgehead atoms. The summed E-state index contributed by atoms with van der Waals surface area (Å²) >= 11 is 0. The van der Waals surface area contributed by atoms with Crippen LogP contribution in [0, 0.1) is 0 Å². The first-order valence-electron chi connectivity index (χ1n) is 3.50. The average Bonchev–Trinajstić information content (AvgIpc) is 1.84. The molecule has 1 atom stereocenters. The van der Waals surface area contributed by atoms with Crippen LogP contribution in [0.1, 0.15) is 19.8 Å². The van der Waals surface area contributed by atoms with Crippen molar-refractivity contribution < 1.29 is 19.4 Å². The Morgan fingerprint density at radius 1 is 1.45 bits per heavy atom. The normalized spacial score (nSPS) is 15.8. The molecule has 0 spiro atoms. The summed E-state index contributed by atoms with van der Waals surface area (Å²) in [7, 11) is -3.13.